The van der Waals surface area contributed by atoms with Crippen LogP contribution in [0.15, 0.2) is 30.0 Å². The minimum absolute atomic E-state index is 0.0656. The molecule has 0 spiro atoms. The Hall–Kier alpha value is -3.04. The number of hydrogen-bond donors (Lipinski definition) is 0. The quantitative estimate of drug-likeness (QED) is 0.629. The van der Waals surface area contributed by atoms with Gasteiger partial charge in [0, 0.05) is 23.7 Å². The van der Waals surface area contributed by atoms with Gasteiger partial charge in [-0.05, 0) is 43.2 Å². The first-order valence-electron chi connectivity index (χ1n) is 10.7. The van der Waals surface area contributed by atoms with Crippen molar-refractivity contribution in [2.24, 2.45) is 0 Å². The van der Waals surface area contributed by atoms with Crippen molar-refractivity contribution in [3.05, 3.63) is 52.3 Å². The molecule has 0 saturated carbocycles. The van der Waals surface area contributed by atoms with E-state index in [4.69, 9.17) is 18.9 Å². The maximum atomic E-state index is 13.2. The number of hydrogen-bond acceptors (Lipinski definition) is 8. The summed E-state index contributed by atoms with van der Waals surface area (Å²) >= 11 is 0. The summed E-state index contributed by atoms with van der Waals surface area (Å²) in [5.41, 5.74) is 2.87. The maximum absolute atomic E-state index is 13.2. The zero-order valence-electron chi connectivity index (χ0n) is 18.7. The van der Waals surface area contributed by atoms with Gasteiger partial charge in [-0.3, -0.25) is 9.69 Å². The second-order valence-corrected chi connectivity index (χ2v) is 10.7. The van der Waals surface area contributed by atoms with Crippen LogP contribution in [0.5, 0.6) is 23.0 Å². The zero-order valence-corrected chi connectivity index (χ0v) is 19.5. The lowest BCUT2D eigenvalue weighted by atomic mass is 9.99. The molecule has 0 bridgehead atoms. The highest BCUT2D eigenvalue weighted by molar-refractivity contribution is 7.91. The minimum atomic E-state index is -2.99. The first kappa shape index (κ1) is 21.8. The third kappa shape index (κ3) is 3.85. The molecule has 1 atom stereocenters. The number of carbonyl (C=O) groups is 1. The molecular formula is C24H25NO7S. The molecule has 1 saturated heterocycles. The first-order chi connectivity index (χ1) is 15.8. The molecule has 0 unspecified atom stereocenters. The number of nitrogens with zero attached hydrogens (tertiary/aromatic N) is 1. The van der Waals surface area contributed by atoms with Crippen LogP contribution in [0, 0.1) is 6.92 Å². The van der Waals surface area contributed by atoms with Crippen LogP contribution in [0.4, 0.5) is 0 Å². The van der Waals surface area contributed by atoms with Crippen LogP contribution < -0.4 is 18.9 Å². The molecule has 174 valence electrons. The molecule has 3 heterocycles. The molecule has 0 radical (unpaired) electrons. The van der Waals surface area contributed by atoms with Gasteiger partial charge in [-0.15, -0.1) is 0 Å². The highest BCUT2D eigenvalue weighted by Crippen LogP contribution is 2.44. The highest BCUT2D eigenvalue weighted by atomic mass is 32.2. The van der Waals surface area contributed by atoms with E-state index in [-0.39, 0.29) is 29.1 Å². The summed E-state index contributed by atoms with van der Waals surface area (Å²) in [4.78, 5) is 15.2. The van der Waals surface area contributed by atoms with Gasteiger partial charge in [-0.25, -0.2) is 8.42 Å². The monoisotopic (exact) mass is 471 g/mol. The second-order valence-electron chi connectivity index (χ2n) is 8.50. The summed E-state index contributed by atoms with van der Waals surface area (Å²) < 4.78 is 46.4. The molecule has 0 N–H and O–H groups in total. The molecule has 0 aromatic heterocycles. The Bertz CT molecular complexity index is 1280. The van der Waals surface area contributed by atoms with Crippen LogP contribution in [0.1, 0.15) is 33.5 Å². The zero-order chi connectivity index (χ0) is 23.3. The molecule has 2 aromatic rings. The van der Waals surface area contributed by atoms with Crippen LogP contribution in [-0.4, -0.2) is 57.6 Å². The SMILES string of the molecule is COc1ccc(/C=C2\Oc3c(cc4c(c3C)OCN([C@@H]3CCS(=O)(=O)C3)C4)C2=O)cc1OC. The Labute approximate surface area is 192 Å². The Morgan fingerprint density at radius 3 is 2.61 bits per heavy atom. The minimum Gasteiger partial charge on any atom is -0.493 e. The van der Waals surface area contributed by atoms with E-state index in [0.717, 1.165) is 16.7 Å². The molecule has 9 heteroatoms. The number of benzene rings is 2. The van der Waals surface area contributed by atoms with Crippen molar-refractivity contribution >= 4 is 21.7 Å². The molecule has 5 rings (SSSR count). The fraction of sp³-hybridized carbons (Fsp3) is 0.375. The number of Topliss-reactive ketones (excluding diaryl/α,β-unsaturated/α-hetero) is 1. The van der Waals surface area contributed by atoms with Crippen molar-refractivity contribution in [3.63, 3.8) is 0 Å². The number of carbonyl (C=O) groups excluding carboxylic acids is 1. The van der Waals surface area contributed by atoms with Crippen LogP contribution in [0.25, 0.3) is 6.08 Å². The summed E-state index contributed by atoms with van der Waals surface area (Å²) in [7, 11) is 0.130. The fourth-order valence-corrected chi connectivity index (χ4v) is 6.42. The number of ketones is 1. The van der Waals surface area contributed by atoms with E-state index in [9.17, 15) is 13.2 Å². The van der Waals surface area contributed by atoms with Gasteiger partial charge in [-0.2, -0.15) is 0 Å². The Kier molecular flexibility index (Phi) is 5.33. The summed E-state index contributed by atoms with van der Waals surface area (Å²) in [5.74, 6) is 2.74. The van der Waals surface area contributed by atoms with E-state index < -0.39 is 9.84 Å². The smallest absolute Gasteiger partial charge is 0.231 e. The van der Waals surface area contributed by atoms with Crippen LogP contribution in [-0.2, 0) is 16.4 Å². The van der Waals surface area contributed by atoms with Crippen molar-refractivity contribution in [2.45, 2.75) is 25.9 Å². The molecular weight excluding hydrogens is 446 g/mol. The van der Waals surface area contributed by atoms with Gasteiger partial charge in [0.05, 0.1) is 31.3 Å². The number of sulfone groups is 1. The van der Waals surface area contributed by atoms with E-state index in [0.29, 0.717) is 48.3 Å². The molecule has 33 heavy (non-hydrogen) atoms. The molecule has 0 amide bonds. The summed E-state index contributed by atoms with van der Waals surface area (Å²) in [6.07, 6.45) is 2.28. The number of methoxy groups -OCH3 is 2. The van der Waals surface area contributed by atoms with Gasteiger partial charge in [0.2, 0.25) is 5.78 Å². The largest absolute Gasteiger partial charge is 0.493 e. The third-order valence-corrected chi connectivity index (χ3v) is 8.15. The summed E-state index contributed by atoms with van der Waals surface area (Å²) in [6, 6.07) is 7.12. The normalized spacial score (nSPS) is 22.5. The second kappa shape index (κ2) is 8.07. The van der Waals surface area contributed by atoms with E-state index in [1.54, 1.807) is 32.4 Å². The lowest BCUT2D eigenvalue weighted by Gasteiger charge is -2.33. The molecule has 0 aliphatic carbocycles. The van der Waals surface area contributed by atoms with E-state index in [2.05, 4.69) is 0 Å². The van der Waals surface area contributed by atoms with Crippen molar-refractivity contribution in [2.75, 3.05) is 32.5 Å². The van der Waals surface area contributed by atoms with Crippen LogP contribution in [0.3, 0.4) is 0 Å². The Morgan fingerprint density at radius 1 is 1.12 bits per heavy atom. The number of allylic oxidation sites excluding steroid dienone is 1. The number of rotatable bonds is 4. The summed E-state index contributed by atoms with van der Waals surface area (Å²) in [5, 5.41) is 0. The Morgan fingerprint density at radius 2 is 1.91 bits per heavy atom. The van der Waals surface area contributed by atoms with E-state index in [1.807, 2.05) is 24.0 Å². The van der Waals surface area contributed by atoms with Crippen molar-refractivity contribution in [1.82, 2.24) is 4.90 Å². The first-order valence-corrected chi connectivity index (χ1v) is 12.5. The van der Waals surface area contributed by atoms with Gasteiger partial charge in [0.1, 0.15) is 18.2 Å². The molecule has 3 aliphatic heterocycles. The van der Waals surface area contributed by atoms with Crippen molar-refractivity contribution < 1.29 is 32.2 Å². The number of fused-ring (bicyclic) bond motifs is 2. The van der Waals surface area contributed by atoms with Gasteiger partial charge in [0.25, 0.3) is 0 Å². The van der Waals surface area contributed by atoms with Crippen LogP contribution >= 0.6 is 0 Å². The lowest BCUT2D eigenvalue weighted by molar-refractivity contribution is 0.0637. The molecule has 3 aliphatic rings. The fourth-order valence-electron chi connectivity index (χ4n) is 4.66. The van der Waals surface area contributed by atoms with Crippen LogP contribution in [0.2, 0.25) is 0 Å². The van der Waals surface area contributed by atoms with E-state index in [1.165, 1.54) is 0 Å². The third-order valence-electron chi connectivity index (χ3n) is 6.39. The number of ether oxygens (including phenoxy) is 4. The predicted molar refractivity (Wildman–Crippen MR) is 122 cm³/mol. The lowest BCUT2D eigenvalue weighted by Crippen LogP contribution is -2.41. The van der Waals surface area contributed by atoms with Gasteiger partial charge in [-0.1, -0.05) is 6.07 Å². The highest BCUT2D eigenvalue weighted by Gasteiger charge is 2.37. The van der Waals surface area contributed by atoms with Gasteiger partial charge >= 0.3 is 0 Å². The summed E-state index contributed by atoms with van der Waals surface area (Å²) in [6.45, 7) is 2.72. The maximum Gasteiger partial charge on any atom is 0.231 e. The van der Waals surface area contributed by atoms with Crippen molar-refractivity contribution in [1.29, 1.82) is 0 Å². The van der Waals surface area contributed by atoms with Gasteiger partial charge < -0.3 is 18.9 Å². The average Bonchev–Trinajstić information content (AvgIpc) is 3.33. The molecule has 2 aromatic carbocycles. The predicted octanol–water partition coefficient (Wildman–Crippen LogP) is 2.97. The standard InChI is InChI=1S/C24H25NO7S/c1-14-23-16(11-25(13-31-23)17-6-7-33(27,28)12-17)10-18-22(26)21(32-24(14)18)9-15-4-5-19(29-2)20(8-15)30-3/h4-5,8-10,17H,6-7,11-13H2,1-3H3/b21-9-/t17-/m1/s1. The van der Waals surface area contributed by atoms with E-state index >= 15 is 0 Å². The average molecular weight is 472 g/mol. The topological polar surface area (TPSA) is 91.4 Å². The molecule has 1 fully saturated rings. The van der Waals surface area contributed by atoms with Crippen molar-refractivity contribution in [3.8, 4) is 23.0 Å². The van der Waals surface area contributed by atoms with Gasteiger partial charge in [0.15, 0.2) is 27.1 Å². The molecule has 8 nitrogen and oxygen atoms in total. The Balaban J connectivity index is 1.43.